The van der Waals surface area contributed by atoms with E-state index in [2.05, 4.69) is 15.0 Å². The van der Waals surface area contributed by atoms with Gasteiger partial charge in [0.2, 0.25) is 5.95 Å². The van der Waals surface area contributed by atoms with Gasteiger partial charge in [-0.1, -0.05) is 6.07 Å². The van der Waals surface area contributed by atoms with Gasteiger partial charge < -0.3 is 5.11 Å². The molecule has 0 bridgehead atoms. The summed E-state index contributed by atoms with van der Waals surface area (Å²) in [6, 6.07) is 7.96. The van der Waals surface area contributed by atoms with Crippen LogP contribution >= 0.6 is 0 Å². The minimum Gasteiger partial charge on any atom is -0.388 e. The second kappa shape index (κ2) is 7.04. The Morgan fingerprint density at radius 2 is 1.79 bits per heavy atom. The maximum atomic E-state index is 14.1. The summed E-state index contributed by atoms with van der Waals surface area (Å²) in [4.78, 5) is 26.5. The minimum absolute atomic E-state index is 0.227. The minimum atomic E-state index is -0.722. The molecule has 8 nitrogen and oxygen atoms in total. The van der Waals surface area contributed by atoms with Crippen molar-refractivity contribution in [1.82, 2.24) is 28.7 Å². The molecule has 3 heterocycles. The van der Waals surface area contributed by atoms with Gasteiger partial charge in [-0.15, -0.1) is 0 Å². The first kappa shape index (κ1) is 19.7. The first-order valence-corrected chi connectivity index (χ1v) is 10.5. The fraction of sp³-hybridized carbons (Fsp3) is 0.217. The lowest BCUT2D eigenvalue weighted by Crippen LogP contribution is -2.30. The van der Waals surface area contributed by atoms with E-state index in [1.54, 1.807) is 23.7 Å². The average molecular weight is 448 g/mol. The molecule has 0 fully saturated rings. The summed E-state index contributed by atoms with van der Waals surface area (Å²) in [6.07, 6.45) is 3.17. The van der Waals surface area contributed by atoms with Gasteiger partial charge in [-0.3, -0.25) is 13.7 Å². The van der Waals surface area contributed by atoms with E-state index in [1.165, 1.54) is 45.9 Å². The van der Waals surface area contributed by atoms with Crippen molar-refractivity contribution in [3.63, 3.8) is 0 Å². The summed E-state index contributed by atoms with van der Waals surface area (Å²) < 4.78 is 32.5. The van der Waals surface area contributed by atoms with Crippen molar-refractivity contribution in [2.24, 2.45) is 7.05 Å². The molecule has 6 rings (SSSR count). The Bertz CT molecular complexity index is 1620. The molecule has 3 aromatic heterocycles. The Hall–Kier alpha value is -3.92. The molecule has 0 spiro atoms. The molecule has 166 valence electrons. The monoisotopic (exact) mass is 448 g/mol. The fourth-order valence-corrected chi connectivity index (χ4v) is 4.70. The van der Waals surface area contributed by atoms with E-state index in [4.69, 9.17) is 0 Å². The third-order valence-electron chi connectivity index (χ3n) is 6.34. The molecule has 0 saturated carbocycles. The Morgan fingerprint density at radius 3 is 2.64 bits per heavy atom. The second-order valence-electron chi connectivity index (χ2n) is 8.22. The van der Waals surface area contributed by atoms with Crippen LogP contribution in [0.4, 0.5) is 8.78 Å². The maximum Gasteiger partial charge on any atom is 0.330 e. The normalized spacial score (nSPS) is 18.2. The van der Waals surface area contributed by atoms with Crippen molar-refractivity contribution in [1.29, 1.82) is 0 Å². The van der Waals surface area contributed by atoms with Gasteiger partial charge in [-0.25, -0.2) is 23.5 Å². The number of hydrogen-bond acceptors (Lipinski definition) is 5. The predicted molar refractivity (Wildman–Crippen MR) is 116 cm³/mol. The SMILES string of the molecule is Cn1c(=O)n(C2CCC(O)c3ccc(F)cc32)c2nc(-n3cnc4ccc(F)cc43)ncc21. The molecule has 0 aliphatic heterocycles. The molecule has 10 heteroatoms. The molecule has 33 heavy (non-hydrogen) atoms. The van der Waals surface area contributed by atoms with Gasteiger partial charge in [0, 0.05) is 13.1 Å². The zero-order valence-electron chi connectivity index (χ0n) is 17.5. The number of fused-ring (bicyclic) bond motifs is 3. The first-order valence-electron chi connectivity index (χ1n) is 10.5. The average Bonchev–Trinajstić information content (AvgIpc) is 3.32. The zero-order chi connectivity index (χ0) is 22.9. The summed E-state index contributed by atoms with van der Waals surface area (Å²) in [5.74, 6) is -0.630. The van der Waals surface area contributed by atoms with E-state index in [9.17, 15) is 18.7 Å². The van der Waals surface area contributed by atoms with Crippen LogP contribution in [0.5, 0.6) is 0 Å². The lowest BCUT2D eigenvalue weighted by Gasteiger charge is -2.29. The zero-order valence-corrected chi connectivity index (χ0v) is 17.5. The van der Waals surface area contributed by atoms with Crippen LogP contribution < -0.4 is 5.69 Å². The highest BCUT2D eigenvalue weighted by atomic mass is 19.1. The molecule has 0 radical (unpaired) electrons. The molecular weight excluding hydrogens is 430 g/mol. The Balaban J connectivity index is 1.59. The van der Waals surface area contributed by atoms with Crippen LogP contribution in [-0.2, 0) is 7.05 Å². The molecule has 5 aromatic rings. The van der Waals surface area contributed by atoms with Crippen LogP contribution in [0, 0.1) is 11.6 Å². The van der Waals surface area contributed by atoms with Crippen molar-refractivity contribution in [3.8, 4) is 5.95 Å². The van der Waals surface area contributed by atoms with Gasteiger partial charge in [-0.05, 0) is 48.2 Å². The van der Waals surface area contributed by atoms with Crippen molar-refractivity contribution in [2.45, 2.75) is 25.0 Å². The Kier molecular flexibility index (Phi) is 4.21. The number of aliphatic hydroxyl groups is 1. The summed E-state index contributed by atoms with van der Waals surface area (Å²) in [7, 11) is 1.62. The molecule has 2 unspecified atom stereocenters. The highest BCUT2D eigenvalue weighted by Crippen LogP contribution is 2.39. The molecule has 0 saturated heterocycles. The molecule has 0 amide bonds. The number of nitrogens with zero attached hydrogens (tertiary/aromatic N) is 6. The van der Waals surface area contributed by atoms with E-state index in [1.807, 2.05) is 0 Å². The number of aliphatic hydroxyl groups excluding tert-OH is 1. The first-order chi connectivity index (χ1) is 15.9. The molecular formula is C23H18F2N6O2. The van der Waals surface area contributed by atoms with Gasteiger partial charge in [0.05, 0.1) is 29.4 Å². The standard InChI is InChI=1S/C23H18F2N6O2/c1-29-19-10-26-22(30-11-27-16-5-3-13(25)9-18(16)30)28-21(19)31(23(29)33)17-6-7-20(32)14-4-2-12(24)8-15(14)17/h2-5,8-11,17,20,32H,6-7H2,1H3. The number of halogens is 2. The van der Waals surface area contributed by atoms with Gasteiger partial charge in [-0.2, -0.15) is 4.98 Å². The highest BCUT2D eigenvalue weighted by molar-refractivity contribution is 5.77. The second-order valence-corrected chi connectivity index (χ2v) is 8.22. The molecule has 1 aliphatic rings. The van der Waals surface area contributed by atoms with Crippen molar-refractivity contribution in [2.75, 3.05) is 0 Å². The van der Waals surface area contributed by atoms with Crippen LogP contribution in [0.3, 0.4) is 0 Å². The van der Waals surface area contributed by atoms with Gasteiger partial charge >= 0.3 is 5.69 Å². The lowest BCUT2D eigenvalue weighted by molar-refractivity contribution is 0.147. The van der Waals surface area contributed by atoms with Crippen molar-refractivity contribution >= 4 is 22.2 Å². The van der Waals surface area contributed by atoms with Crippen LogP contribution in [0.25, 0.3) is 28.1 Å². The molecule has 1 N–H and O–H groups in total. The van der Waals surface area contributed by atoms with Crippen LogP contribution in [0.1, 0.15) is 36.1 Å². The third-order valence-corrected chi connectivity index (χ3v) is 6.34. The summed E-state index contributed by atoms with van der Waals surface area (Å²) in [5, 5.41) is 10.4. The summed E-state index contributed by atoms with van der Waals surface area (Å²) in [5.41, 5.74) is 2.77. The van der Waals surface area contributed by atoms with Gasteiger partial charge in [0.1, 0.15) is 23.5 Å². The fourth-order valence-electron chi connectivity index (χ4n) is 4.70. The van der Waals surface area contributed by atoms with Crippen LogP contribution in [0.15, 0.2) is 53.7 Å². The molecule has 2 atom stereocenters. The summed E-state index contributed by atoms with van der Waals surface area (Å²) >= 11 is 0. The van der Waals surface area contributed by atoms with Crippen molar-refractivity contribution in [3.05, 3.63) is 82.2 Å². The van der Waals surface area contributed by atoms with Gasteiger partial charge in [0.15, 0.2) is 5.65 Å². The van der Waals surface area contributed by atoms with E-state index < -0.39 is 23.8 Å². The number of aryl methyl sites for hydroxylation is 1. The van der Waals surface area contributed by atoms with E-state index in [0.717, 1.165) is 0 Å². The van der Waals surface area contributed by atoms with Crippen LogP contribution in [-0.4, -0.2) is 33.8 Å². The number of rotatable bonds is 2. The highest BCUT2D eigenvalue weighted by Gasteiger charge is 2.31. The largest absolute Gasteiger partial charge is 0.388 e. The van der Waals surface area contributed by atoms with Crippen LogP contribution in [0.2, 0.25) is 0 Å². The number of imidazole rings is 2. The smallest absolute Gasteiger partial charge is 0.330 e. The molecule has 2 aromatic carbocycles. The topological polar surface area (TPSA) is 90.8 Å². The molecule has 1 aliphatic carbocycles. The quantitative estimate of drug-likeness (QED) is 0.448. The number of benzene rings is 2. The summed E-state index contributed by atoms with van der Waals surface area (Å²) in [6.45, 7) is 0. The van der Waals surface area contributed by atoms with E-state index in [-0.39, 0.29) is 11.6 Å². The van der Waals surface area contributed by atoms with E-state index in [0.29, 0.717) is 46.2 Å². The number of aromatic nitrogens is 6. The van der Waals surface area contributed by atoms with Crippen molar-refractivity contribution < 1.29 is 13.9 Å². The maximum absolute atomic E-state index is 14.1. The lowest BCUT2D eigenvalue weighted by atomic mass is 9.85. The van der Waals surface area contributed by atoms with E-state index >= 15 is 0 Å². The Labute approximate surface area is 185 Å². The predicted octanol–water partition coefficient (Wildman–Crippen LogP) is 3.16. The number of hydrogen-bond donors (Lipinski definition) is 1. The third kappa shape index (κ3) is 2.91. The Morgan fingerprint density at radius 1 is 1.00 bits per heavy atom. The van der Waals surface area contributed by atoms with Gasteiger partial charge in [0.25, 0.3) is 0 Å².